The third-order valence-electron chi connectivity index (χ3n) is 2.99. The smallest absolute Gasteiger partial charge is 0.268 e. The second kappa shape index (κ2) is 4.69. The third-order valence-corrected chi connectivity index (χ3v) is 2.99. The van der Waals surface area contributed by atoms with Gasteiger partial charge in [-0.2, -0.15) is 5.10 Å². The van der Waals surface area contributed by atoms with Crippen molar-refractivity contribution >= 4 is 22.5 Å². The molecule has 2 aromatic heterocycles. The van der Waals surface area contributed by atoms with Crippen LogP contribution in [-0.2, 0) is 13.6 Å². The molecule has 102 valence electrons. The molecule has 2 heterocycles. The number of aromatic amines is 1. The highest BCUT2D eigenvalue weighted by molar-refractivity contribution is 6.00. The number of benzene rings is 1. The summed E-state index contributed by atoms with van der Waals surface area (Å²) >= 11 is 0. The van der Waals surface area contributed by atoms with Crippen LogP contribution in [0.5, 0.6) is 0 Å². The van der Waals surface area contributed by atoms with E-state index in [1.165, 1.54) is 0 Å². The molecule has 0 aliphatic rings. The fourth-order valence-corrected chi connectivity index (χ4v) is 2.02. The first-order chi connectivity index (χ1) is 9.63. The lowest BCUT2D eigenvalue weighted by atomic mass is 10.2. The van der Waals surface area contributed by atoms with Crippen molar-refractivity contribution in [3.63, 3.8) is 0 Å². The van der Waals surface area contributed by atoms with Crippen molar-refractivity contribution in [3.05, 3.63) is 42.1 Å². The van der Waals surface area contributed by atoms with Crippen molar-refractivity contribution in [1.29, 1.82) is 0 Å². The molecular weight excluding hydrogens is 256 g/mol. The number of fused-ring (bicyclic) bond motifs is 1. The summed E-state index contributed by atoms with van der Waals surface area (Å²) in [5.41, 5.74) is 7.71. The van der Waals surface area contributed by atoms with E-state index in [1.807, 2.05) is 12.1 Å². The van der Waals surface area contributed by atoms with Crippen LogP contribution >= 0.6 is 0 Å². The summed E-state index contributed by atoms with van der Waals surface area (Å²) in [6.07, 6.45) is 1.59. The summed E-state index contributed by atoms with van der Waals surface area (Å²) in [7, 11) is 1.78. The SMILES string of the molecule is Cn1cnc(CNC(=O)c2cc3cccc(N)c3[nH]2)n1. The quantitative estimate of drug-likeness (QED) is 0.613. The molecule has 0 aliphatic carbocycles. The van der Waals surface area contributed by atoms with Gasteiger partial charge in [-0.15, -0.1) is 0 Å². The lowest BCUT2D eigenvalue weighted by Crippen LogP contribution is -2.23. The molecule has 0 aliphatic heterocycles. The highest BCUT2D eigenvalue weighted by Gasteiger charge is 2.11. The van der Waals surface area contributed by atoms with E-state index < -0.39 is 0 Å². The fourth-order valence-electron chi connectivity index (χ4n) is 2.02. The Morgan fingerprint density at radius 2 is 2.35 bits per heavy atom. The van der Waals surface area contributed by atoms with Gasteiger partial charge >= 0.3 is 0 Å². The molecule has 0 saturated heterocycles. The van der Waals surface area contributed by atoms with Gasteiger partial charge in [0.15, 0.2) is 5.82 Å². The number of nitrogens with two attached hydrogens (primary N) is 1. The maximum Gasteiger partial charge on any atom is 0.268 e. The number of anilines is 1. The molecule has 0 atom stereocenters. The Labute approximate surface area is 114 Å². The number of aromatic nitrogens is 4. The molecule has 0 unspecified atom stereocenters. The zero-order valence-corrected chi connectivity index (χ0v) is 10.9. The minimum Gasteiger partial charge on any atom is -0.397 e. The van der Waals surface area contributed by atoms with Crippen LogP contribution in [0.3, 0.4) is 0 Å². The van der Waals surface area contributed by atoms with Crippen LogP contribution in [-0.4, -0.2) is 25.7 Å². The van der Waals surface area contributed by atoms with Gasteiger partial charge in [-0.05, 0) is 12.1 Å². The molecule has 3 aromatic rings. The fraction of sp³-hybridized carbons (Fsp3) is 0.154. The largest absolute Gasteiger partial charge is 0.397 e. The molecule has 20 heavy (non-hydrogen) atoms. The lowest BCUT2D eigenvalue weighted by molar-refractivity contribution is 0.0945. The normalized spacial score (nSPS) is 10.8. The Morgan fingerprint density at radius 3 is 3.05 bits per heavy atom. The maximum atomic E-state index is 12.1. The first-order valence-corrected chi connectivity index (χ1v) is 6.13. The number of carbonyl (C=O) groups excluding carboxylic acids is 1. The van der Waals surface area contributed by atoms with Crippen molar-refractivity contribution in [1.82, 2.24) is 25.1 Å². The van der Waals surface area contributed by atoms with Crippen LogP contribution in [0, 0.1) is 0 Å². The zero-order chi connectivity index (χ0) is 14.1. The number of nitrogens with one attached hydrogen (secondary N) is 2. The molecule has 4 N–H and O–H groups in total. The van der Waals surface area contributed by atoms with Crippen LogP contribution in [0.2, 0.25) is 0 Å². The number of nitrogen functional groups attached to an aromatic ring is 1. The van der Waals surface area contributed by atoms with E-state index in [0.29, 0.717) is 17.2 Å². The number of amides is 1. The number of hydrogen-bond donors (Lipinski definition) is 3. The lowest BCUT2D eigenvalue weighted by Gasteiger charge is -2.00. The Hall–Kier alpha value is -2.83. The molecule has 7 heteroatoms. The number of H-pyrrole nitrogens is 1. The van der Waals surface area contributed by atoms with Crippen LogP contribution in [0.4, 0.5) is 5.69 Å². The minimum absolute atomic E-state index is 0.215. The minimum atomic E-state index is -0.215. The predicted octanol–water partition coefficient (Wildman–Crippen LogP) is 0.809. The van der Waals surface area contributed by atoms with E-state index in [9.17, 15) is 4.79 Å². The van der Waals surface area contributed by atoms with Crippen molar-refractivity contribution in [2.45, 2.75) is 6.54 Å². The maximum absolute atomic E-state index is 12.1. The van der Waals surface area contributed by atoms with Crippen molar-refractivity contribution < 1.29 is 4.79 Å². The molecule has 3 rings (SSSR count). The summed E-state index contributed by atoms with van der Waals surface area (Å²) in [5, 5.41) is 7.76. The van der Waals surface area contributed by atoms with Gasteiger partial charge in [0.1, 0.15) is 12.0 Å². The Balaban J connectivity index is 1.77. The highest BCUT2D eigenvalue weighted by Crippen LogP contribution is 2.20. The highest BCUT2D eigenvalue weighted by atomic mass is 16.1. The van der Waals surface area contributed by atoms with E-state index in [1.54, 1.807) is 30.2 Å². The van der Waals surface area contributed by atoms with Crippen LogP contribution in [0.1, 0.15) is 16.3 Å². The van der Waals surface area contributed by atoms with Gasteiger partial charge in [-0.1, -0.05) is 12.1 Å². The average Bonchev–Trinajstić information content (AvgIpc) is 3.03. The first kappa shape index (κ1) is 12.2. The monoisotopic (exact) mass is 270 g/mol. The molecular formula is C13H14N6O. The van der Waals surface area contributed by atoms with Gasteiger partial charge in [0.05, 0.1) is 17.7 Å². The first-order valence-electron chi connectivity index (χ1n) is 6.13. The Kier molecular flexibility index (Phi) is 2.86. The average molecular weight is 270 g/mol. The number of para-hydroxylation sites is 1. The van der Waals surface area contributed by atoms with E-state index in [0.717, 1.165) is 10.9 Å². The second-order valence-corrected chi connectivity index (χ2v) is 4.51. The molecule has 7 nitrogen and oxygen atoms in total. The molecule has 0 fully saturated rings. The molecule has 0 spiro atoms. The van der Waals surface area contributed by atoms with E-state index in [2.05, 4.69) is 20.4 Å². The molecule has 0 bridgehead atoms. The summed E-state index contributed by atoms with van der Waals surface area (Å²) < 4.78 is 1.59. The van der Waals surface area contributed by atoms with Crippen LogP contribution < -0.4 is 11.1 Å². The summed E-state index contributed by atoms with van der Waals surface area (Å²) in [4.78, 5) is 19.1. The second-order valence-electron chi connectivity index (χ2n) is 4.51. The third kappa shape index (κ3) is 2.20. The van der Waals surface area contributed by atoms with Crippen LogP contribution in [0.15, 0.2) is 30.6 Å². The number of nitrogens with zero attached hydrogens (tertiary/aromatic N) is 3. The summed E-state index contributed by atoms with van der Waals surface area (Å²) in [6, 6.07) is 7.31. The predicted molar refractivity (Wildman–Crippen MR) is 74.9 cm³/mol. The van der Waals surface area contributed by atoms with Gasteiger partial charge in [0.2, 0.25) is 0 Å². The standard InChI is InChI=1S/C13H14N6O/c1-19-7-16-11(18-19)6-15-13(20)10-5-8-3-2-4-9(14)12(8)17-10/h2-5,7,17H,6,14H2,1H3,(H,15,20). The number of aryl methyl sites for hydroxylation is 1. The number of hydrogen-bond acceptors (Lipinski definition) is 4. The topological polar surface area (TPSA) is 102 Å². The van der Waals surface area contributed by atoms with E-state index in [4.69, 9.17) is 5.73 Å². The Bertz CT molecular complexity index is 772. The van der Waals surface area contributed by atoms with E-state index in [-0.39, 0.29) is 12.5 Å². The van der Waals surface area contributed by atoms with Crippen molar-refractivity contribution in [3.8, 4) is 0 Å². The van der Waals surface area contributed by atoms with Crippen molar-refractivity contribution in [2.75, 3.05) is 5.73 Å². The van der Waals surface area contributed by atoms with Gasteiger partial charge in [0, 0.05) is 12.4 Å². The number of rotatable bonds is 3. The molecule has 1 amide bonds. The summed E-state index contributed by atoms with van der Waals surface area (Å²) in [6.45, 7) is 0.282. The molecule has 1 aromatic carbocycles. The van der Waals surface area contributed by atoms with Gasteiger partial charge in [-0.3, -0.25) is 9.48 Å². The van der Waals surface area contributed by atoms with Gasteiger partial charge < -0.3 is 16.0 Å². The Morgan fingerprint density at radius 1 is 1.50 bits per heavy atom. The van der Waals surface area contributed by atoms with Gasteiger partial charge in [-0.25, -0.2) is 4.98 Å². The van der Waals surface area contributed by atoms with Crippen molar-refractivity contribution in [2.24, 2.45) is 7.05 Å². The zero-order valence-electron chi connectivity index (χ0n) is 10.9. The molecule has 0 saturated carbocycles. The number of carbonyl (C=O) groups is 1. The van der Waals surface area contributed by atoms with E-state index >= 15 is 0 Å². The van der Waals surface area contributed by atoms with Gasteiger partial charge in [0.25, 0.3) is 5.91 Å². The molecule has 0 radical (unpaired) electrons. The van der Waals surface area contributed by atoms with Crippen LogP contribution in [0.25, 0.3) is 10.9 Å². The summed E-state index contributed by atoms with van der Waals surface area (Å²) in [5.74, 6) is 0.351.